The van der Waals surface area contributed by atoms with E-state index in [9.17, 15) is 17.6 Å². The fourth-order valence-electron chi connectivity index (χ4n) is 2.50. The van der Waals surface area contributed by atoms with Crippen LogP contribution in [0, 0.1) is 12.7 Å². The molecule has 0 fully saturated rings. The molecule has 5 nitrogen and oxygen atoms in total. The zero-order valence-electron chi connectivity index (χ0n) is 14.7. The average molecular weight is 463 g/mol. The third kappa shape index (κ3) is 4.76. The number of benzene rings is 3. The Morgan fingerprint density at radius 3 is 2.18 bits per heavy atom. The van der Waals surface area contributed by atoms with Crippen molar-refractivity contribution in [1.82, 2.24) is 0 Å². The summed E-state index contributed by atoms with van der Waals surface area (Å²) < 4.78 is 41.8. The minimum atomic E-state index is -3.95. The largest absolute Gasteiger partial charge is 0.322 e. The first kappa shape index (κ1) is 20.0. The molecule has 3 rings (SSSR count). The molecule has 0 aliphatic carbocycles. The smallest absolute Gasteiger partial charge is 0.262 e. The van der Waals surface area contributed by atoms with Crippen molar-refractivity contribution in [2.24, 2.45) is 0 Å². The van der Waals surface area contributed by atoms with Crippen molar-refractivity contribution in [3.63, 3.8) is 0 Å². The summed E-state index contributed by atoms with van der Waals surface area (Å²) in [5.74, 6) is -0.897. The van der Waals surface area contributed by atoms with E-state index in [1.165, 1.54) is 18.2 Å². The van der Waals surface area contributed by atoms with Crippen molar-refractivity contribution in [2.75, 3.05) is 10.0 Å². The number of anilines is 2. The summed E-state index contributed by atoms with van der Waals surface area (Å²) in [4.78, 5) is 12.5. The summed E-state index contributed by atoms with van der Waals surface area (Å²) >= 11 is 3.32. The van der Waals surface area contributed by atoms with Gasteiger partial charge in [0.2, 0.25) is 0 Å². The summed E-state index contributed by atoms with van der Waals surface area (Å²) in [6, 6.07) is 16.4. The zero-order chi connectivity index (χ0) is 20.3. The highest BCUT2D eigenvalue weighted by atomic mass is 79.9. The maximum Gasteiger partial charge on any atom is 0.262 e. The molecule has 0 saturated heterocycles. The van der Waals surface area contributed by atoms with Crippen molar-refractivity contribution in [2.45, 2.75) is 11.8 Å². The fourth-order valence-corrected chi connectivity index (χ4v) is 4.09. The molecule has 8 heteroatoms. The molecule has 0 spiro atoms. The Hall–Kier alpha value is -2.71. The van der Waals surface area contributed by atoms with Crippen LogP contribution in [0.15, 0.2) is 76.1 Å². The number of amides is 1. The van der Waals surface area contributed by atoms with Crippen LogP contribution in [0.3, 0.4) is 0 Å². The number of carbonyl (C=O) groups excluding carboxylic acids is 1. The van der Waals surface area contributed by atoms with E-state index in [2.05, 4.69) is 26.0 Å². The molecule has 0 bridgehead atoms. The van der Waals surface area contributed by atoms with Gasteiger partial charge in [0.15, 0.2) is 0 Å². The van der Waals surface area contributed by atoms with Gasteiger partial charge in [-0.1, -0.05) is 22.0 Å². The maximum absolute atomic E-state index is 13.0. The summed E-state index contributed by atoms with van der Waals surface area (Å²) in [5, 5.41) is 2.72. The van der Waals surface area contributed by atoms with Crippen molar-refractivity contribution in [1.29, 1.82) is 0 Å². The van der Waals surface area contributed by atoms with E-state index >= 15 is 0 Å². The molecule has 0 atom stereocenters. The van der Waals surface area contributed by atoms with E-state index < -0.39 is 21.7 Å². The van der Waals surface area contributed by atoms with Crippen LogP contribution in [0.1, 0.15) is 15.9 Å². The second-order valence-corrected chi connectivity index (χ2v) is 8.62. The summed E-state index contributed by atoms with van der Waals surface area (Å²) in [7, 11) is -3.95. The molecule has 3 aromatic carbocycles. The van der Waals surface area contributed by atoms with Gasteiger partial charge in [-0.25, -0.2) is 12.8 Å². The van der Waals surface area contributed by atoms with Gasteiger partial charge in [-0.05, 0) is 73.2 Å². The molecular formula is C20H16BrFN2O3S. The number of aryl methyl sites for hydroxylation is 1. The van der Waals surface area contributed by atoms with Crippen molar-refractivity contribution in [3.8, 4) is 0 Å². The molecule has 0 aromatic heterocycles. The summed E-state index contributed by atoms with van der Waals surface area (Å²) in [6.45, 7) is 1.63. The molecule has 28 heavy (non-hydrogen) atoms. The van der Waals surface area contributed by atoms with Crippen LogP contribution in [-0.4, -0.2) is 14.3 Å². The van der Waals surface area contributed by atoms with Gasteiger partial charge in [0.25, 0.3) is 15.9 Å². The monoisotopic (exact) mass is 462 g/mol. The standard InChI is InChI=1S/C20H16BrFN2O3S/c1-13-2-3-14(20(25)23-17-8-4-15(21)5-9-17)12-19(13)28(26,27)24-18-10-6-16(22)7-11-18/h2-12,24H,1H3,(H,23,25). The van der Waals surface area contributed by atoms with E-state index in [1.807, 2.05) is 0 Å². The van der Waals surface area contributed by atoms with Gasteiger partial charge in [0.1, 0.15) is 5.82 Å². The van der Waals surface area contributed by atoms with Gasteiger partial charge in [-0.15, -0.1) is 0 Å². The molecule has 0 heterocycles. The molecule has 3 aromatic rings. The van der Waals surface area contributed by atoms with Gasteiger partial charge in [0, 0.05) is 21.4 Å². The number of nitrogens with one attached hydrogen (secondary N) is 2. The van der Waals surface area contributed by atoms with Crippen LogP contribution in [0.5, 0.6) is 0 Å². The van der Waals surface area contributed by atoms with Crippen LogP contribution in [0.25, 0.3) is 0 Å². The Balaban J connectivity index is 1.86. The number of sulfonamides is 1. The second kappa shape index (κ2) is 8.12. The lowest BCUT2D eigenvalue weighted by Gasteiger charge is -2.12. The minimum Gasteiger partial charge on any atom is -0.322 e. The Kier molecular flexibility index (Phi) is 5.81. The SMILES string of the molecule is Cc1ccc(C(=O)Nc2ccc(Br)cc2)cc1S(=O)(=O)Nc1ccc(F)cc1. The first-order valence-corrected chi connectivity index (χ1v) is 10.5. The molecule has 144 valence electrons. The van der Waals surface area contributed by atoms with Crippen LogP contribution in [0.2, 0.25) is 0 Å². The predicted octanol–water partition coefficient (Wildman–Crippen LogP) is 4.95. The van der Waals surface area contributed by atoms with E-state index in [1.54, 1.807) is 43.3 Å². The van der Waals surface area contributed by atoms with E-state index in [0.29, 0.717) is 11.3 Å². The number of hydrogen-bond acceptors (Lipinski definition) is 3. The highest BCUT2D eigenvalue weighted by Gasteiger charge is 2.19. The van der Waals surface area contributed by atoms with Crippen LogP contribution in [0.4, 0.5) is 15.8 Å². The lowest BCUT2D eigenvalue weighted by Crippen LogP contribution is -2.17. The Labute approximate surface area is 170 Å². The number of rotatable bonds is 5. The van der Waals surface area contributed by atoms with E-state index in [0.717, 1.165) is 16.6 Å². The summed E-state index contributed by atoms with van der Waals surface area (Å²) in [5.41, 5.74) is 1.50. The minimum absolute atomic E-state index is 0.0275. The lowest BCUT2D eigenvalue weighted by molar-refractivity contribution is 0.102. The third-order valence-corrected chi connectivity index (χ3v) is 5.99. The maximum atomic E-state index is 13.0. The van der Waals surface area contributed by atoms with Crippen LogP contribution in [-0.2, 0) is 10.0 Å². The Morgan fingerprint density at radius 2 is 1.54 bits per heavy atom. The Morgan fingerprint density at radius 1 is 0.929 bits per heavy atom. The molecule has 0 saturated carbocycles. The van der Waals surface area contributed by atoms with Gasteiger partial charge < -0.3 is 5.32 Å². The molecular weight excluding hydrogens is 447 g/mol. The number of carbonyl (C=O) groups is 1. The van der Waals surface area contributed by atoms with Crippen molar-refractivity contribution >= 4 is 43.2 Å². The number of hydrogen-bond donors (Lipinski definition) is 2. The van der Waals surface area contributed by atoms with Crippen molar-refractivity contribution in [3.05, 3.63) is 88.1 Å². The molecule has 0 aliphatic heterocycles. The first-order chi connectivity index (χ1) is 13.2. The van der Waals surface area contributed by atoms with Gasteiger partial charge in [-0.2, -0.15) is 0 Å². The fraction of sp³-hybridized carbons (Fsp3) is 0.0500. The topological polar surface area (TPSA) is 75.3 Å². The van der Waals surface area contributed by atoms with Crippen molar-refractivity contribution < 1.29 is 17.6 Å². The molecule has 0 unspecified atom stereocenters. The first-order valence-electron chi connectivity index (χ1n) is 8.20. The quantitative estimate of drug-likeness (QED) is 0.563. The highest BCUT2D eigenvalue weighted by Crippen LogP contribution is 2.22. The average Bonchev–Trinajstić information content (AvgIpc) is 2.65. The molecule has 0 radical (unpaired) electrons. The highest BCUT2D eigenvalue weighted by molar-refractivity contribution is 9.10. The normalized spacial score (nSPS) is 11.1. The van der Waals surface area contributed by atoms with Gasteiger partial charge in [0.05, 0.1) is 4.90 Å². The van der Waals surface area contributed by atoms with Crippen LogP contribution < -0.4 is 10.0 Å². The second-order valence-electron chi connectivity index (χ2n) is 6.05. The van der Waals surface area contributed by atoms with Crippen LogP contribution >= 0.6 is 15.9 Å². The van der Waals surface area contributed by atoms with E-state index in [4.69, 9.17) is 0 Å². The zero-order valence-corrected chi connectivity index (χ0v) is 17.1. The van der Waals surface area contributed by atoms with Gasteiger partial charge >= 0.3 is 0 Å². The number of halogens is 2. The predicted molar refractivity (Wildman–Crippen MR) is 110 cm³/mol. The molecule has 1 amide bonds. The Bertz CT molecular complexity index is 1120. The summed E-state index contributed by atoms with van der Waals surface area (Å²) in [6.07, 6.45) is 0. The lowest BCUT2D eigenvalue weighted by atomic mass is 10.1. The van der Waals surface area contributed by atoms with E-state index in [-0.39, 0.29) is 16.1 Å². The molecule has 0 aliphatic rings. The molecule has 2 N–H and O–H groups in total. The van der Waals surface area contributed by atoms with Gasteiger partial charge in [-0.3, -0.25) is 9.52 Å². The third-order valence-electron chi connectivity index (χ3n) is 3.94.